The first-order chi connectivity index (χ1) is 24.9. The molecule has 0 bridgehead atoms. The number of phenols is 1. The molecule has 2 aromatic rings. The van der Waals surface area contributed by atoms with Gasteiger partial charge in [-0.15, -0.1) is 0 Å². The average molecular weight is 745 g/mol. The molecule has 2 fully saturated rings. The third-order valence-corrected chi connectivity index (χ3v) is 10.1. The maximum atomic E-state index is 10.8. The standard InChI is InChI=1S/C34H48O18/c1-45-17-6-14(7-18(46-2)24(17)38)22-16(12-49-33-29(43)27(41)25(39)20(10-36)50-33)15(9-35)5-13-8-19(47-3)31(32(48-4)23(13)22)52-34-30(44)28(42)26(40)21(11-37)51-34/h6-8,15-16,20-22,25-30,33-44H,5,9-12H2,1-4H3/t15-,16-,20+,21+,22-,25+,26+,27-,28-,29+,30+,33+,34-/m0/s1. The van der Waals surface area contributed by atoms with Gasteiger partial charge in [0.2, 0.25) is 17.8 Å². The number of aromatic hydroxyl groups is 1. The van der Waals surface area contributed by atoms with Gasteiger partial charge in [0.1, 0.15) is 48.8 Å². The van der Waals surface area contributed by atoms with E-state index in [9.17, 15) is 51.1 Å². The Kier molecular flexibility index (Phi) is 12.9. The van der Waals surface area contributed by atoms with Crippen LogP contribution >= 0.6 is 0 Å². The van der Waals surface area contributed by atoms with E-state index in [0.29, 0.717) is 16.7 Å². The predicted molar refractivity (Wildman–Crippen MR) is 174 cm³/mol. The summed E-state index contributed by atoms with van der Waals surface area (Å²) < 4.78 is 45.9. The molecule has 5 rings (SSSR count). The summed E-state index contributed by atoms with van der Waals surface area (Å²) in [5.74, 6) is -2.20. The highest BCUT2D eigenvalue weighted by molar-refractivity contribution is 5.64. The fourth-order valence-electron chi connectivity index (χ4n) is 7.21. The molecule has 2 aromatic carbocycles. The molecule has 0 saturated carbocycles. The molecule has 1 aliphatic carbocycles. The minimum atomic E-state index is -1.77. The van der Waals surface area contributed by atoms with Gasteiger partial charge in [-0.3, -0.25) is 0 Å². The minimum Gasteiger partial charge on any atom is -0.502 e. The number of phenolic OH excluding ortho intramolecular Hbond substituents is 1. The molecule has 0 amide bonds. The van der Waals surface area contributed by atoms with Crippen LogP contribution in [0.2, 0.25) is 0 Å². The van der Waals surface area contributed by atoms with Crippen LogP contribution in [0.5, 0.6) is 34.5 Å². The van der Waals surface area contributed by atoms with E-state index in [1.807, 2.05) is 0 Å². The third-order valence-electron chi connectivity index (χ3n) is 10.1. The molecule has 10 N–H and O–H groups in total. The Labute approximate surface area is 298 Å². The van der Waals surface area contributed by atoms with Gasteiger partial charge in [0.25, 0.3) is 0 Å². The van der Waals surface area contributed by atoms with Crippen LogP contribution in [0.25, 0.3) is 0 Å². The van der Waals surface area contributed by atoms with E-state index in [-0.39, 0.29) is 54.1 Å². The highest BCUT2D eigenvalue weighted by Crippen LogP contribution is 2.55. The van der Waals surface area contributed by atoms with Crippen molar-refractivity contribution in [3.63, 3.8) is 0 Å². The fourth-order valence-corrected chi connectivity index (χ4v) is 7.21. The van der Waals surface area contributed by atoms with Gasteiger partial charge in [-0.05, 0) is 47.6 Å². The highest BCUT2D eigenvalue weighted by atomic mass is 16.7. The van der Waals surface area contributed by atoms with Crippen LogP contribution < -0.4 is 23.7 Å². The van der Waals surface area contributed by atoms with Crippen LogP contribution in [-0.4, -0.2) is 167 Å². The number of benzene rings is 2. The fraction of sp³-hybridized carbons (Fsp3) is 0.647. The molecule has 0 aromatic heterocycles. The second-order valence-corrected chi connectivity index (χ2v) is 12.9. The Balaban J connectivity index is 1.66. The van der Waals surface area contributed by atoms with Crippen molar-refractivity contribution in [1.29, 1.82) is 0 Å². The lowest BCUT2D eigenvalue weighted by Crippen LogP contribution is -2.60. The van der Waals surface area contributed by atoms with Crippen molar-refractivity contribution in [3.8, 4) is 34.5 Å². The summed E-state index contributed by atoms with van der Waals surface area (Å²) in [6.07, 6.45) is -15.6. The number of methoxy groups -OCH3 is 4. The average Bonchev–Trinajstić information content (AvgIpc) is 3.16. The Morgan fingerprint density at radius 1 is 0.635 bits per heavy atom. The molecular formula is C34H48O18. The first-order valence-electron chi connectivity index (χ1n) is 16.6. The van der Waals surface area contributed by atoms with Gasteiger partial charge < -0.3 is 89.0 Å². The van der Waals surface area contributed by atoms with E-state index in [2.05, 4.69) is 0 Å². The number of rotatable bonds is 13. The van der Waals surface area contributed by atoms with Gasteiger partial charge in [-0.2, -0.15) is 0 Å². The zero-order valence-corrected chi connectivity index (χ0v) is 29.0. The molecule has 2 heterocycles. The van der Waals surface area contributed by atoms with Crippen molar-refractivity contribution < 1.29 is 89.0 Å². The quantitative estimate of drug-likeness (QED) is 0.100. The van der Waals surface area contributed by atoms with Crippen LogP contribution in [0.3, 0.4) is 0 Å². The van der Waals surface area contributed by atoms with Crippen molar-refractivity contribution in [1.82, 2.24) is 0 Å². The maximum Gasteiger partial charge on any atom is 0.229 e. The van der Waals surface area contributed by atoms with E-state index in [1.165, 1.54) is 28.4 Å². The maximum absolute atomic E-state index is 10.8. The number of hydrogen-bond acceptors (Lipinski definition) is 18. The Hall–Kier alpha value is -3.24. The van der Waals surface area contributed by atoms with Crippen molar-refractivity contribution in [2.45, 2.75) is 73.8 Å². The van der Waals surface area contributed by atoms with Crippen molar-refractivity contribution in [3.05, 3.63) is 34.9 Å². The van der Waals surface area contributed by atoms with E-state index in [4.69, 9.17) is 37.9 Å². The van der Waals surface area contributed by atoms with Crippen LogP contribution in [0.15, 0.2) is 18.2 Å². The SMILES string of the molecule is COc1cc([C@@H]2c3c(cc(OC)c(O[C@@H]4O[C@H](CO)[C@@H](O)[C@H](O)[C@H]4O)c3OC)C[C@@H](CO)[C@@H]2CO[C@@H]2O[C@H](CO)[C@@H](O)[C@H](O)[C@H]2O)cc(OC)c1O. The smallest absolute Gasteiger partial charge is 0.229 e. The van der Waals surface area contributed by atoms with Crippen molar-refractivity contribution in [2.24, 2.45) is 11.8 Å². The van der Waals surface area contributed by atoms with Gasteiger partial charge in [-0.25, -0.2) is 0 Å². The summed E-state index contributed by atoms with van der Waals surface area (Å²) in [7, 11) is 5.40. The van der Waals surface area contributed by atoms with Crippen LogP contribution in [0.1, 0.15) is 22.6 Å². The summed E-state index contributed by atoms with van der Waals surface area (Å²) in [5.41, 5.74) is 1.55. The van der Waals surface area contributed by atoms with E-state index < -0.39 is 92.4 Å². The lowest BCUT2D eigenvalue weighted by molar-refractivity contribution is -0.304. The number of ether oxygens (including phenoxy) is 8. The molecule has 18 nitrogen and oxygen atoms in total. The first-order valence-corrected chi connectivity index (χ1v) is 16.6. The van der Waals surface area contributed by atoms with Gasteiger partial charge in [0.15, 0.2) is 29.3 Å². The van der Waals surface area contributed by atoms with Crippen LogP contribution in [-0.2, 0) is 20.6 Å². The summed E-state index contributed by atoms with van der Waals surface area (Å²) in [5, 5.41) is 104. The van der Waals surface area contributed by atoms with Crippen molar-refractivity contribution >= 4 is 0 Å². The second-order valence-electron chi connectivity index (χ2n) is 12.9. The Bertz CT molecular complexity index is 1480. The Morgan fingerprint density at radius 3 is 1.67 bits per heavy atom. The van der Waals surface area contributed by atoms with Gasteiger partial charge in [0.05, 0.1) is 48.3 Å². The van der Waals surface area contributed by atoms with Crippen LogP contribution in [0, 0.1) is 11.8 Å². The van der Waals surface area contributed by atoms with Gasteiger partial charge in [-0.1, -0.05) is 0 Å². The molecule has 2 aliphatic heterocycles. The third kappa shape index (κ3) is 7.31. The lowest BCUT2D eigenvalue weighted by atomic mass is 9.66. The molecule has 52 heavy (non-hydrogen) atoms. The van der Waals surface area contributed by atoms with E-state index >= 15 is 0 Å². The Morgan fingerprint density at radius 2 is 1.17 bits per heavy atom. The zero-order chi connectivity index (χ0) is 38.0. The summed E-state index contributed by atoms with van der Waals surface area (Å²) >= 11 is 0. The monoisotopic (exact) mass is 744 g/mol. The normalized spacial score (nSPS) is 34.7. The lowest BCUT2D eigenvalue weighted by Gasteiger charge is -2.43. The highest BCUT2D eigenvalue weighted by Gasteiger charge is 2.48. The summed E-state index contributed by atoms with van der Waals surface area (Å²) in [4.78, 5) is 0. The molecule has 0 spiro atoms. The largest absolute Gasteiger partial charge is 0.502 e. The van der Waals surface area contributed by atoms with Gasteiger partial charge >= 0.3 is 0 Å². The molecule has 13 atom stereocenters. The number of fused-ring (bicyclic) bond motifs is 1. The topological polar surface area (TPSA) is 276 Å². The molecule has 3 aliphatic rings. The predicted octanol–water partition coefficient (Wildman–Crippen LogP) is -2.67. The molecule has 18 heteroatoms. The zero-order valence-electron chi connectivity index (χ0n) is 29.0. The van der Waals surface area contributed by atoms with E-state index in [0.717, 1.165) is 0 Å². The molecule has 2 saturated heterocycles. The second kappa shape index (κ2) is 16.8. The first kappa shape index (κ1) is 40.0. The number of hydrogen-bond donors (Lipinski definition) is 10. The van der Waals surface area contributed by atoms with E-state index in [1.54, 1.807) is 18.2 Å². The van der Waals surface area contributed by atoms with Crippen LogP contribution in [0.4, 0.5) is 0 Å². The molecule has 0 unspecified atom stereocenters. The molecular weight excluding hydrogens is 696 g/mol. The van der Waals surface area contributed by atoms with Gasteiger partial charge in [0, 0.05) is 18.1 Å². The molecule has 292 valence electrons. The summed E-state index contributed by atoms with van der Waals surface area (Å²) in [6, 6.07) is 4.74. The number of aliphatic hydroxyl groups is 9. The summed E-state index contributed by atoms with van der Waals surface area (Å²) in [6.45, 7) is -1.98. The number of aliphatic hydroxyl groups excluding tert-OH is 9. The minimum absolute atomic E-state index is 0.0425. The molecule has 0 radical (unpaired) electrons. The van der Waals surface area contributed by atoms with Crippen molar-refractivity contribution in [2.75, 3.05) is 54.9 Å².